The van der Waals surface area contributed by atoms with Crippen LogP contribution >= 0.6 is 11.3 Å². The molecule has 7 heteroatoms. The summed E-state index contributed by atoms with van der Waals surface area (Å²) < 4.78 is 16.0. The Morgan fingerprint density at radius 2 is 2.08 bits per heavy atom. The van der Waals surface area contributed by atoms with Gasteiger partial charge in [-0.1, -0.05) is 30.4 Å². The van der Waals surface area contributed by atoms with Crippen molar-refractivity contribution in [3.8, 4) is 5.88 Å². The summed E-state index contributed by atoms with van der Waals surface area (Å²) in [6.07, 6.45) is 2.97. The second-order valence-corrected chi connectivity index (χ2v) is 7.19. The molecular weight excluding hydrogens is 327 g/mol. The molecule has 0 amide bonds. The Balaban J connectivity index is 1.85. The number of hydrogen-bond donors (Lipinski definition) is 2. The van der Waals surface area contributed by atoms with E-state index in [1.807, 2.05) is 19.1 Å². The Hall–Kier alpha value is -1.99. The maximum Gasteiger partial charge on any atom is 0.235 e. The molecule has 0 aliphatic carbocycles. The summed E-state index contributed by atoms with van der Waals surface area (Å²) >= 11 is 1.41. The molecule has 2 N–H and O–H groups in total. The number of aryl methyl sites for hydroxylation is 1. The average Bonchev–Trinajstić information content (AvgIpc) is 3.29. The highest BCUT2D eigenvalue weighted by atomic mass is 32.1. The number of aromatic nitrogens is 3. The second kappa shape index (κ2) is 6.14. The SMILES string of the molecule is CCc1nc2sc([C@@H](c3ccccc3F)[NH+]3CCCC3)c(O)n2n1. The summed E-state index contributed by atoms with van der Waals surface area (Å²) in [6, 6.07) is 6.64. The normalized spacial score (nSPS) is 16.9. The van der Waals surface area contributed by atoms with Gasteiger partial charge in [-0.3, -0.25) is 0 Å². The molecule has 1 saturated heterocycles. The largest absolute Gasteiger partial charge is 0.492 e. The van der Waals surface area contributed by atoms with Crippen LogP contribution in [-0.2, 0) is 6.42 Å². The molecule has 0 bridgehead atoms. The van der Waals surface area contributed by atoms with E-state index in [4.69, 9.17) is 0 Å². The van der Waals surface area contributed by atoms with Gasteiger partial charge in [-0.05, 0) is 12.1 Å². The van der Waals surface area contributed by atoms with Crippen LogP contribution in [0.25, 0.3) is 4.96 Å². The Bertz CT molecular complexity index is 869. The quantitative estimate of drug-likeness (QED) is 0.759. The number of aromatic hydroxyl groups is 1. The minimum absolute atomic E-state index is 0.0925. The summed E-state index contributed by atoms with van der Waals surface area (Å²) in [4.78, 5) is 7.14. The number of likely N-dealkylation sites (tertiary alicyclic amines) is 1. The third-order valence-electron chi connectivity index (χ3n) is 4.69. The number of halogens is 1. The van der Waals surface area contributed by atoms with E-state index >= 15 is 0 Å². The second-order valence-electron chi connectivity index (χ2n) is 6.19. The molecule has 5 nitrogen and oxygen atoms in total. The number of benzene rings is 1. The first-order valence-electron chi connectivity index (χ1n) is 8.35. The van der Waals surface area contributed by atoms with Crippen molar-refractivity contribution in [1.29, 1.82) is 0 Å². The molecular formula is C17H20FN4OS+. The molecule has 126 valence electrons. The van der Waals surface area contributed by atoms with Crippen LogP contribution in [0.1, 0.15) is 42.1 Å². The Morgan fingerprint density at radius 1 is 1.33 bits per heavy atom. The van der Waals surface area contributed by atoms with Crippen LogP contribution in [0.4, 0.5) is 4.39 Å². The van der Waals surface area contributed by atoms with Crippen molar-refractivity contribution in [3.05, 3.63) is 46.3 Å². The van der Waals surface area contributed by atoms with Crippen LogP contribution < -0.4 is 4.90 Å². The van der Waals surface area contributed by atoms with Crippen LogP contribution in [-0.4, -0.2) is 32.8 Å². The number of nitrogens with one attached hydrogen (secondary N) is 1. The van der Waals surface area contributed by atoms with E-state index in [2.05, 4.69) is 10.1 Å². The van der Waals surface area contributed by atoms with Gasteiger partial charge in [-0.15, -0.1) is 5.10 Å². The highest BCUT2D eigenvalue weighted by Gasteiger charge is 2.35. The number of fused-ring (bicyclic) bond motifs is 1. The molecule has 1 aromatic carbocycles. The number of nitrogens with zero attached hydrogens (tertiary/aromatic N) is 3. The molecule has 1 atom stereocenters. The van der Waals surface area contributed by atoms with Gasteiger partial charge in [0, 0.05) is 19.3 Å². The third-order valence-corrected chi connectivity index (χ3v) is 5.78. The molecule has 0 radical (unpaired) electrons. The first-order valence-corrected chi connectivity index (χ1v) is 9.17. The van der Waals surface area contributed by atoms with Crippen molar-refractivity contribution in [1.82, 2.24) is 14.6 Å². The van der Waals surface area contributed by atoms with E-state index in [1.165, 1.54) is 26.8 Å². The van der Waals surface area contributed by atoms with Crippen molar-refractivity contribution in [2.24, 2.45) is 0 Å². The van der Waals surface area contributed by atoms with Gasteiger partial charge in [0.25, 0.3) is 0 Å². The van der Waals surface area contributed by atoms with Gasteiger partial charge in [-0.25, -0.2) is 9.37 Å². The lowest BCUT2D eigenvalue weighted by atomic mass is 10.0. The molecule has 0 saturated carbocycles. The van der Waals surface area contributed by atoms with E-state index in [9.17, 15) is 9.50 Å². The fourth-order valence-electron chi connectivity index (χ4n) is 3.50. The van der Waals surface area contributed by atoms with Gasteiger partial charge in [0.2, 0.25) is 10.8 Å². The van der Waals surface area contributed by atoms with Crippen LogP contribution in [0.2, 0.25) is 0 Å². The summed E-state index contributed by atoms with van der Waals surface area (Å²) in [7, 11) is 0. The van der Waals surface area contributed by atoms with E-state index < -0.39 is 0 Å². The van der Waals surface area contributed by atoms with Crippen molar-refractivity contribution < 1.29 is 14.4 Å². The first kappa shape index (κ1) is 15.5. The van der Waals surface area contributed by atoms with Crippen LogP contribution in [0.15, 0.2) is 24.3 Å². The lowest BCUT2D eigenvalue weighted by Gasteiger charge is -2.24. The Morgan fingerprint density at radius 3 is 2.75 bits per heavy atom. The lowest BCUT2D eigenvalue weighted by Crippen LogP contribution is -3.10. The van der Waals surface area contributed by atoms with Crippen molar-refractivity contribution in [2.75, 3.05) is 13.1 Å². The van der Waals surface area contributed by atoms with E-state index in [1.54, 1.807) is 6.07 Å². The number of quaternary nitrogens is 1. The number of rotatable bonds is 4. The third kappa shape index (κ3) is 2.48. The topological polar surface area (TPSA) is 54.9 Å². The van der Waals surface area contributed by atoms with Crippen LogP contribution in [0.5, 0.6) is 5.88 Å². The number of hydrogen-bond acceptors (Lipinski definition) is 4. The van der Waals surface area contributed by atoms with E-state index in [0.29, 0.717) is 16.3 Å². The molecule has 4 rings (SSSR count). The minimum Gasteiger partial charge on any atom is -0.492 e. The van der Waals surface area contributed by atoms with Gasteiger partial charge in [0.05, 0.1) is 18.7 Å². The molecule has 1 fully saturated rings. The van der Waals surface area contributed by atoms with Crippen molar-refractivity contribution in [3.63, 3.8) is 0 Å². The van der Waals surface area contributed by atoms with Gasteiger partial charge in [0.15, 0.2) is 11.9 Å². The van der Waals surface area contributed by atoms with Crippen LogP contribution in [0.3, 0.4) is 0 Å². The highest BCUT2D eigenvalue weighted by molar-refractivity contribution is 7.17. The number of thiazole rings is 1. The molecule has 2 aromatic heterocycles. The van der Waals surface area contributed by atoms with E-state index in [0.717, 1.165) is 37.2 Å². The Kier molecular flexibility index (Phi) is 3.97. The predicted octanol–water partition coefficient (Wildman–Crippen LogP) is 1.97. The minimum atomic E-state index is -0.227. The van der Waals surface area contributed by atoms with Crippen molar-refractivity contribution in [2.45, 2.75) is 32.2 Å². The maximum atomic E-state index is 14.5. The van der Waals surface area contributed by atoms with Crippen LogP contribution in [0, 0.1) is 5.82 Å². The zero-order valence-corrected chi connectivity index (χ0v) is 14.3. The summed E-state index contributed by atoms with van der Waals surface area (Å²) in [5, 5.41) is 15.1. The predicted molar refractivity (Wildman–Crippen MR) is 90.1 cm³/mol. The smallest absolute Gasteiger partial charge is 0.235 e. The molecule has 0 unspecified atom stereocenters. The van der Waals surface area contributed by atoms with E-state index in [-0.39, 0.29) is 17.7 Å². The fraction of sp³-hybridized carbons (Fsp3) is 0.412. The molecule has 3 heterocycles. The molecule has 3 aromatic rings. The summed E-state index contributed by atoms with van der Waals surface area (Å²) in [5.41, 5.74) is 0.630. The zero-order valence-electron chi connectivity index (χ0n) is 13.5. The molecule has 24 heavy (non-hydrogen) atoms. The fourth-order valence-corrected chi connectivity index (χ4v) is 4.65. The van der Waals surface area contributed by atoms with Gasteiger partial charge in [0.1, 0.15) is 10.7 Å². The lowest BCUT2D eigenvalue weighted by molar-refractivity contribution is -0.913. The monoisotopic (exact) mass is 347 g/mol. The van der Waals surface area contributed by atoms with Crippen molar-refractivity contribution >= 4 is 16.3 Å². The molecule has 1 aliphatic heterocycles. The molecule has 0 spiro atoms. The zero-order chi connectivity index (χ0) is 16.7. The first-order chi connectivity index (χ1) is 11.7. The summed E-state index contributed by atoms with van der Waals surface area (Å²) in [6.45, 7) is 3.94. The molecule has 1 aliphatic rings. The van der Waals surface area contributed by atoms with Gasteiger partial charge >= 0.3 is 0 Å². The standard InChI is InChI=1S/C17H19FN4OS/c1-2-13-19-17-22(20-13)16(23)15(24-17)14(21-9-5-6-10-21)11-7-3-4-8-12(11)18/h3-4,7-8,14,23H,2,5-6,9-10H2,1H3/p+1/t14-/m1/s1. The summed E-state index contributed by atoms with van der Waals surface area (Å²) in [5.74, 6) is 0.573. The maximum absolute atomic E-state index is 14.5. The van der Waals surface area contributed by atoms with Gasteiger partial charge < -0.3 is 10.0 Å². The highest BCUT2D eigenvalue weighted by Crippen LogP contribution is 2.36. The average molecular weight is 347 g/mol. The Labute approximate surface area is 143 Å². The van der Waals surface area contributed by atoms with Gasteiger partial charge in [-0.2, -0.15) is 4.52 Å².